The molecule has 0 bridgehead atoms. The summed E-state index contributed by atoms with van der Waals surface area (Å²) < 4.78 is 5.61. The second-order valence-corrected chi connectivity index (χ2v) is 6.41. The number of anilines is 1. The SMILES string of the molecule is CC[C@@H](Sc1nc2ncccc2o1)C(=O)Nc1cccc(Cl)c1. The van der Waals surface area contributed by atoms with Crippen LogP contribution in [0.1, 0.15) is 13.3 Å². The average Bonchev–Trinajstić information content (AvgIpc) is 2.95. The van der Waals surface area contributed by atoms with Gasteiger partial charge in [-0.3, -0.25) is 4.79 Å². The van der Waals surface area contributed by atoms with E-state index in [0.717, 1.165) is 0 Å². The fourth-order valence-electron chi connectivity index (χ4n) is 2.03. The molecule has 0 saturated carbocycles. The minimum atomic E-state index is -0.318. The van der Waals surface area contributed by atoms with Crippen LogP contribution in [0, 0.1) is 0 Å². The Balaban J connectivity index is 1.72. The van der Waals surface area contributed by atoms with Crippen molar-refractivity contribution >= 4 is 46.2 Å². The molecule has 1 N–H and O–H groups in total. The van der Waals surface area contributed by atoms with Crippen LogP contribution >= 0.6 is 23.4 Å². The van der Waals surface area contributed by atoms with Gasteiger partial charge >= 0.3 is 0 Å². The summed E-state index contributed by atoms with van der Waals surface area (Å²) in [6, 6.07) is 10.6. The van der Waals surface area contributed by atoms with Crippen molar-refractivity contribution in [1.82, 2.24) is 9.97 Å². The quantitative estimate of drug-likeness (QED) is 0.693. The molecule has 7 heteroatoms. The molecule has 2 heterocycles. The van der Waals surface area contributed by atoms with Gasteiger partial charge in [-0.15, -0.1) is 0 Å². The maximum atomic E-state index is 12.4. The zero-order valence-corrected chi connectivity index (χ0v) is 13.9. The van der Waals surface area contributed by atoms with E-state index in [1.54, 1.807) is 42.6 Å². The van der Waals surface area contributed by atoms with Gasteiger partial charge < -0.3 is 9.73 Å². The van der Waals surface area contributed by atoms with Gasteiger partial charge in [-0.2, -0.15) is 4.98 Å². The molecule has 3 aromatic rings. The molecule has 118 valence electrons. The van der Waals surface area contributed by atoms with E-state index < -0.39 is 0 Å². The van der Waals surface area contributed by atoms with Gasteiger partial charge in [0.25, 0.3) is 5.22 Å². The fourth-order valence-corrected chi connectivity index (χ4v) is 3.08. The molecule has 5 nitrogen and oxygen atoms in total. The molecule has 1 amide bonds. The van der Waals surface area contributed by atoms with E-state index >= 15 is 0 Å². The molecule has 0 aliphatic heterocycles. The molecule has 1 aromatic carbocycles. The van der Waals surface area contributed by atoms with Gasteiger partial charge in [-0.1, -0.05) is 36.4 Å². The number of carbonyl (C=O) groups excluding carboxylic acids is 1. The number of fused-ring (bicyclic) bond motifs is 1. The van der Waals surface area contributed by atoms with Crippen LogP contribution in [0.15, 0.2) is 52.2 Å². The molecule has 0 fully saturated rings. The fraction of sp³-hybridized carbons (Fsp3) is 0.188. The van der Waals surface area contributed by atoms with Gasteiger partial charge in [-0.25, -0.2) is 4.98 Å². The summed E-state index contributed by atoms with van der Waals surface area (Å²) in [7, 11) is 0. The first-order valence-corrected chi connectivity index (χ1v) is 8.36. The van der Waals surface area contributed by atoms with E-state index in [-0.39, 0.29) is 11.2 Å². The number of hydrogen-bond acceptors (Lipinski definition) is 5. The van der Waals surface area contributed by atoms with Crippen molar-refractivity contribution in [2.75, 3.05) is 5.32 Å². The Kier molecular flexibility index (Phi) is 4.83. The van der Waals surface area contributed by atoms with Gasteiger partial charge in [0.05, 0.1) is 5.25 Å². The van der Waals surface area contributed by atoms with Crippen molar-refractivity contribution in [2.24, 2.45) is 0 Å². The van der Waals surface area contributed by atoms with Crippen molar-refractivity contribution < 1.29 is 9.21 Å². The first kappa shape index (κ1) is 15.8. The van der Waals surface area contributed by atoms with Crippen LogP contribution in [0.25, 0.3) is 11.2 Å². The minimum absolute atomic E-state index is 0.116. The van der Waals surface area contributed by atoms with E-state index in [0.29, 0.717) is 33.6 Å². The Morgan fingerprint density at radius 1 is 1.39 bits per heavy atom. The highest BCUT2D eigenvalue weighted by atomic mass is 35.5. The number of pyridine rings is 1. The Labute approximate surface area is 142 Å². The average molecular weight is 348 g/mol. The number of hydrogen-bond donors (Lipinski definition) is 1. The molecule has 23 heavy (non-hydrogen) atoms. The standard InChI is InChI=1S/C16H14ClN3O2S/c1-2-13(15(21)19-11-6-3-5-10(17)9-11)23-16-20-14-12(22-16)7-4-8-18-14/h3-9,13H,2H2,1H3,(H,19,21)/t13-/m1/s1. The second-order valence-electron chi connectivity index (χ2n) is 4.82. The number of rotatable bonds is 5. The molecule has 0 aliphatic carbocycles. The number of oxazole rings is 1. The van der Waals surface area contributed by atoms with E-state index in [1.807, 2.05) is 6.92 Å². The smallest absolute Gasteiger partial charge is 0.259 e. The maximum absolute atomic E-state index is 12.4. The van der Waals surface area contributed by atoms with Crippen LogP contribution in [0.4, 0.5) is 5.69 Å². The van der Waals surface area contributed by atoms with Crippen LogP contribution in [0.2, 0.25) is 5.02 Å². The summed E-state index contributed by atoms with van der Waals surface area (Å²) in [5.41, 5.74) is 1.82. The van der Waals surface area contributed by atoms with Crippen molar-refractivity contribution in [3.8, 4) is 0 Å². The highest BCUT2D eigenvalue weighted by Crippen LogP contribution is 2.28. The molecule has 0 unspecified atom stereocenters. The third-order valence-electron chi connectivity index (χ3n) is 3.14. The summed E-state index contributed by atoms with van der Waals surface area (Å²) in [5, 5.41) is 3.56. The van der Waals surface area contributed by atoms with Crippen molar-refractivity contribution in [3.63, 3.8) is 0 Å². The zero-order chi connectivity index (χ0) is 16.2. The predicted octanol–water partition coefficient (Wildman–Crippen LogP) is 4.39. The first-order chi connectivity index (χ1) is 11.2. The van der Waals surface area contributed by atoms with Crippen molar-refractivity contribution in [2.45, 2.75) is 23.8 Å². The van der Waals surface area contributed by atoms with Crippen molar-refractivity contribution in [1.29, 1.82) is 0 Å². The monoisotopic (exact) mass is 347 g/mol. The summed E-state index contributed by atoms with van der Waals surface area (Å²) in [6.45, 7) is 1.94. The topological polar surface area (TPSA) is 68.0 Å². The zero-order valence-electron chi connectivity index (χ0n) is 12.3. The lowest BCUT2D eigenvalue weighted by molar-refractivity contribution is -0.115. The first-order valence-electron chi connectivity index (χ1n) is 7.10. The predicted molar refractivity (Wildman–Crippen MR) is 91.8 cm³/mol. The molecule has 0 saturated heterocycles. The Morgan fingerprint density at radius 3 is 3.00 bits per heavy atom. The summed E-state index contributed by atoms with van der Waals surface area (Å²) in [5.74, 6) is -0.116. The third kappa shape index (κ3) is 3.83. The Hall–Kier alpha value is -2.05. The molecule has 0 spiro atoms. The summed E-state index contributed by atoms with van der Waals surface area (Å²) >= 11 is 7.21. The van der Waals surface area contributed by atoms with Gasteiger partial charge in [0, 0.05) is 16.9 Å². The van der Waals surface area contributed by atoms with Crippen LogP contribution in [-0.4, -0.2) is 21.1 Å². The molecule has 0 radical (unpaired) electrons. The maximum Gasteiger partial charge on any atom is 0.259 e. The van der Waals surface area contributed by atoms with E-state index in [9.17, 15) is 4.79 Å². The number of halogens is 1. The Morgan fingerprint density at radius 2 is 2.26 bits per heavy atom. The number of aromatic nitrogens is 2. The number of nitrogens with one attached hydrogen (secondary N) is 1. The molecule has 3 rings (SSSR count). The number of carbonyl (C=O) groups is 1. The summed E-state index contributed by atoms with van der Waals surface area (Å²) in [4.78, 5) is 20.8. The molecular formula is C16H14ClN3O2S. The summed E-state index contributed by atoms with van der Waals surface area (Å²) in [6.07, 6.45) is 2.30. The molecule has 2 aromatic heterocycles. The minimum Gasteiger partial charge on any atom is -0.430 e. The lowest BCUT2D eigenvalue weighted by Crippen LogP contribution is -2.24. The highest BCUT2D eigenvalue weighted by molar-refractivity contribution is 8.00. The number of nitrogens with zero attached hydrogens (tertiary/aromatic N) is 2. The lowest BCUT2D eigenvalue weighted by atomic mass is 10.3. The van der Waals surface area contributed by atoms with Gasteiger partial charge in [0.15, 0.2) is 11.2 Å². The normalized spacial score (nSPS) is 12.3. The molecule has 0 aliphatic rings. The van der Waals surface area contributed by atoms with E-state index in [1.165, 1.54) is 11.8 Å². The number of thioether (sulfide) groups is 1. The van der Waals surface area contributed by atoms with Gasteiger partial charge in [-0.05, 0) is 36.8 Å². The number of benzene rings is 1. The highest BCUT2D eigenvalue weighted by Gasteiger charge is 2.21. The van der Waals surface area contributed by atoms with E-state index in [2.05, 4.69) is 15.3 Å². The van der Waals surface area contributed by atoms with Crippen molar-refractivity contribution in [3.05, 3.63) is 47.6 Å². The van der Waals surface area contributed by atoms with Crippen LogP contribution in [0.5, 0.6) is 0 Å². The number of amides is 1. The van der Waals surface area contributed by atoms with Gasteiger partial charge in [0.2, 0.25) is 5.91 Å². The van der Waals surface area contributed by atoms with Crippen LogP contribution < -0.4 is 5.32 Å². The largest absolute Gasteiger partial charge is 0.430 e. The second kappa shape index (κ2) is 7.02. The Bertz CT molecular complexity index is 804. The lowest BCUT2D eigenvalue weighted by Gasteiger charge is -2.12. The van der Waals surface area contributed by atoms with Gasteiger partial charge in [0.1, 0.15) is 0 Å². The van der Waals surface area contributed by atoms with Crippen LogP contribution in [-0.2, 0) is 4.79 Å². The van der Waals surface area contributed by atoms with E-state index in [4.69, 9.17) is 16.0 Å². The third-order valence-corrected chi connectivity index (χ3v) is 4.59. The molecule has 1 atom stereocenters. The van der Waals surface area contributed by atoms with Crippen LogP contribution in [0.3, 0.4) is 0 Å². The molecular weight excluding hydrogens is 334 g/mol.